The first-order valence-corrected chi connectivity index (χ1v) is 6.71. The SMILES string of the molecule is CCCCOCCNc1cc(Br)c(F)cc1C. The van der Waals surface area contributed by atoms with Gasteiger partial charge in [0.2, 0.25) is 0 Å². The third kappa shape index (κ3) is 5.04. The number of hydrogen-bond acceptors (Lipinski definition) is 2. The van der Waals surface area contributed by atoms with E-state index in [2.05, 4.69) is 28.2 Å². The van der Waals surface area contributed by atoms with Gasteiger partial charge in [-0.05, 0) is 47.0 Å². The molecule has 1 N–H and O–H groups in total. The minimum atomic E-state index is -0.229. The molecule has 1 aromatic carbocycles. The van der Waals surface area contributed by atoms with Crippen molar-refractivity contribution in [3.8, 4) is 0 Å². The minimum Gasteiger partial charge on any atom is -0.382 e. The Kier molecular flexibility index (Phi) is 6.52. The summed E-state index contributed by atoms with van der Waals surface area (Å²) < 4.78 is 19.1. The van der Waals surface area contributed by atoms with Crippen LogP contribution in [0.25, 0.3) is 0 Å². The van der Waals surface area contributed by atoms with Crippen LogP contribution in [-0.4, -0.2) is 19.8 Å². The Balaban J connectivity index is 2.34. The van der Waals surface area contributed by atoms with Crippen LogP contribution in [0, 0.1) is 12.7 Å². The number of ether oxygens (including phenoxy) is 1. The van der Waals surface area contributed by atoms with E-state index in [1.54, 1.807) is 6.07 Å². The van der Waals surface area contributed by atoms with Crippen molar-refractivity contribution < 1.29 is 9.13 Å². The van der Waals surface area contributed by atoms with Crippen molar-refractivity contribution >= 4 is 21.6 Å². The Morgan fingerprint density at radius 1 is 1.35 bits per heavy atom. The first kappa shape index (κ1) is 14.5. The van der Waals surface area contributed by atoms with Gasteiger partial charge in [-0.25, -0.2) is 4.39 Å². The van der Waals surface area contributed by atoms with E-state index in [4.69, 9.17) is 4.74 Å². The molecule has 2 nitrogen and oxygen atoms in total. The third-order valence-electron chi connectivity index (χ3n) is 2.47. The largest absolute Gasteiger partial charge is 0.382 e. The topological polar surface area (TPSA) is 21.3 Å². The highest BCUT2D eigenvalue weighted by Gasteiger charge is 2.04. The van der Waals surface area contributed by atoms with Crippen LogP contribution in [0.5, 0.6) is 0 Å². The van der Waals surface area contributed by atoms with E-state index in [9.17, 15) is 4.39 Å². The third-order valence-corrected chi connectivity index (χ3v) is 3.08. The maximum Gasteiger partial charge on any atom is 0.137 e. The molecule has 0 unspecified atom stereocenters. The number of unbranched alkanes of at least 4 members (excludes halogenated alkanes) is 1. The van der Waals surface area contributed by atoms with Crippen LogP contribution in [0.3, 0.4) is 0 Å². The molecule has 0 spiro atoms. The van der Waals surface area contributed by atoms with Crippen molar-refractivity contribution in [3.05, 3.63) is 28.0 Å². The van der Waals surface area contributed by atoms with Crippen molar-refractivity contribution in [2.45, 2.75) is 26.7 Å². The summed E-state index contributed by atoms with van der Waals surface area (Å²) in [6, 6.07) is 3.28. The molecule has 0 atom stereocenters. The molecule has 0 bridgehead atoms. The van der Waals surface area contributed by atoms with Gasteiger partial charge in [-0.3, -0.25) is 0 Å². The molecule has 17 heavy (non-hydrogen) atoms. The number of aryl methyl sites for hydroxylation is 1. The molecular formula is C13H19BrFNO. The van der Waals surface area contributed by atoms with Crippen LogP contribution < -0.4 is 5.32 Å². The van der Waals surface area contributed by atoms with E-state index in [0.717, 1.165) is 37.2 Å². The fraction of sp³-hybridized carbons (Fsp3) is 0.538. The number of benzene rings is 1. The van der Waals surface area contributed by atoms with Crippen molar-refractivity contribution in [1.29, 1.82) is 0 Å². The van der Waals surface area contributed by atoms with E-state index < -0.39 is 0 Å². The van der Waals surface area contributed by atoms with Crippen LogP contribution >= 0.6 is 15.9 Å². The van der Waals surface area contributed by atoms with Crippen molar-refractivity contribution in [3.63, 3.8) is 0 Å². The standard InChI is InChI=1S/C13H19BrFNO/c1-3-4-6-17-7-5-16-13-9-11(14)12(15)8-10(13)2/h8-9,16H,3-7H2,1-2H3. The predicted octanol–water partition coefficient (Wildman–Crippen LogP) is 4.13. The molecule has 0 aliphatic heterocycles. The lowest BCUT2D eigenvalue weighted by Gasteiger charge is -2.10. The Bertz CT molecular complexity index is 358. The smallest absolute Gasteiger partial charge is 0.137 e. The summed E-state index contributed by atoms with van der Waals surface area (Å²) in [6.07, 6.45) is 2.25. The van der Waals surface area contributed by atoms with Gasteiger partial charge in [0.05, 0.1) is 11.1 Å². The van der Waals surface area contributed by atoms with E-state index >= 15 is 0 Å². The van der Waals surface area contributed by atoms with Crippen LogP contribution in [0.2, 0.25) is 0 Å². The Morgan fingerprint density at radius 3 is 2.82 bits per heavy atom. The maximum absolute atomic E-state index is 13.2. The van der Waals surface area contributed by atoms with E-state index in [1.165, 1.54) is 6.07 Å². The number of halogens is 2. The summed E-state index contributed by atoms with van der Waals surface area (Å²) >= 11 is 3.18. The molecule has 1 aromatic rings. The van der Waals surface area contributed by atoms with Crippen LogP contribution in [-0.2, 0) is 4.74 Å². The summed E-state index contributed by atoms with van der Waals surface area (Å²) in [5, 5.41) is 3.24. The first-order valence-electron chi connectivity index (χ1n) is 5.92. The average Bonchev–Trinajstić information content (AvgIpc) is 2.30. The normalized spacial score (nSPS) is 10.6. The first-order chi connectivity index (χ1) is 8.15. The van der Waals surface area contributed by atoms with Gasteiger partial charge in [0, 0.05) is 18.8 Å². The molecule has 0 aliphatic rings. The van der Waals surface area contributed by atoms with E-state index in [1.807, 2.05) is 6.92 Å². The zero-order valence-electron chi connectivity index (χ0n) is 10.4. The molecular weight excluding hydrogens is 285 g/mol. The molecule has 0 saturated heterocycles. The molecule has 0 aliphatic carbocycles. The summed E-state index contributed by atoms with van der Waals surface area (Å²) in [7, 11) is 0. The fourth-order valence-corrected chi connectivity index (χ4v) is 1.79. The van der Waals surface area contributed by atoms with Crippen molar-refractivity contribution in [2.24, 2.45) is 0 Å². The number of rotatable bonds is 7. The average molecular weight is 304 g/mol. The zero-order chi connectivity index (χ0) is 12.7. The quantitative estimate of drug-likeness (QED) is 0.765. The van der Waals surface area contributed by atoms with Gasteiger partial charge in [0.1, 0.15) is 5.82 Å². The number of hydrogen-bond donors (Lipinski definition) is 1. The lowest BCUT2D eigenvalue weighted by atomic mass is 10.2. The highest BCUT2D eigenvalue weighted by Crippen LogP contribution is 2.23. The molecule has 0 heterocycles. The van der Waals surface area contributed by atoms with Crippen molar-refractivity contribution in [2.75, 3.05) is 25.1 Å². The predicted molar refractivity (Wildman–Crippen MR) is 73.1 cm³/mol. The molecule has 0 saturated carbocycles. The van der Waals surface area contributed by atoms with Gasteiger partial charge in [-0.15, -0.1) is 0 Å². The second kappa shape index (κ2) is 7.67. The Hall–Kier alpha value is -0.610. The molecule has 1 rings (SSSR count). The molecule has 0 radical (unpaired) electrons. The highest BCUT2D eigenvalue weighted by atomic mass is 79.9. The monoisotopic (exact) mass is 303 g/mol. The lowest BCUT2D eigenvalue weighted by molar-refractivity contribution is 0.141. The Labute approximate surface area is 111 Å². The second-order valence-corrected chi connectivity index (χ2v) is 4.83. The van der Waals surface area contributed by atoms with Gasteiger partial charge in [-0.1, -0.05) is 13.3 Å². The minimum absolute atomic E-state index is 0.229. The second-order valence-electron chi connectivity index (χ2n) is 3.97. The van der Waals surface area contributed by atoms with Crippen LogP contribution in [0.15, 0.2) is 16.6 Å². The van der Waals surface area contributed by atoms with Gasteiger partial charge in [0.15, 0.2) is 0 Å². The summed E-state index contributed by atoms with van der Waals surface area (Å²) in [5.74, 6) is -0.229. The van der Waals surface area contributed by atoms with Crippen molar-refractivity contribution in [1.82, 2.24) is 0 Å². The summed E-state index contributed by atoms with van der Waals surface area (Å²) in [6.45, 7) is 6.25. The van der Waals surface area contributed by atoms with Gasteiger partial charge >= 0.3 is 0 Å². The molecule has 4 heteroatoms. The molecule has 96 valence electrons. The van der Waals surface area contributed by atoms with E-state index in [-0.39, 0.29) is 5.82 Å². The Morgan fingerprint density at radius 2 is 2.12 bits per heavy atom. The van der Waals surface area contributed by atoms with Gasteiger partial charge < -0.3 is 10.1 Å². The molecule has 0 aromatic heterocycles. The number of nitrogens with one attached hydrogen (secondary N) is 1. The lowest BCUT2D eigenvalue weighted by Crippen LogP contribution is -2.11. The van der Waals surface area contributed by atoms with Gasteiger partial charge in [-0.2, -0.15) is 0 Å². The zero-order valence-corrected chi connectivity index (χ0v) is 11.9. The van der Waals surface area contributed by atoms with Crippen LogP contribution in [0.4, 0.5) is 10.1 Å². The summed E-state index contributed by atoms with van der Waals surface area (Å²) in [4.78, 5) is 0. The van der Waals surface area contributed by atoms with Gasteiger partial charge in [0.25, 0.3) is 0 Å². The maximum atomic E-state index is 13.2. The highest BCUT2D eigenvalue weighted by molar-refractivity contribution is 9.10. The van der Waals surface area contributed by atoms with E-state index in [0.29, 0.717) is 11.1 Å². The summed E-state index contributed by atoms with van der Waals surface area (Å²) in [5.41, 5.74) is 1.84. The molecule has 0 amide bonds. The van der Waals surface area contributed by atoms with Crippen LogP contribution in [0.1, 0.15) is 25.3 Å². The molecule has 0 fully saturated rings. The fourth-order valence-electron chi connectivity index (χ4n) is 1.44. The number of anilines is 1.